The molecule has 0 N–H and O–H groups in total. The van der Waals surface area contributed by atoms with E-state index in [1.165, 1.54) is 12.0 Å². The molecular weight excluding hydrogens is 382 g/mol. The standard InChI is InChI=1S/C24H31NO5/c1-18(20-14-10-7-11-15-20)21(22(26)29-16-19-12-8-6-9-13-19)25(17-28-5)23(27)30-24(2,3)4/h6-15,18,21H,16-17H2,1-5H3/t18-,21+/m0/s1. The first kappa shape index (κ1) is 23.4. The highest BCUT2D eigenvalue weighted by molar-refractivity contribution is 5.82. The molecular formula is C24H31NO5. The van der Waals surface area contributed by atoms with Crippen LogP contribution in [0, 0.1) is 0 Å². The highest BCUT2D eigenvalue weighted by Gasteiger charge is 2.38. The Morgan fingerprint density at radius 3 is 2.07 bits per heavy atom. The quantitative estimate of drug-likeness (QED) is 0.462. The van der Waals surface area contributed by atoms with E-state index in [4.69, 9.17) is 14.2 Å². The van der Waals surface area contributed by atoms with Crippen LogP contribution in [0.4, 0.5) is 4.79 Å². The van der Waals surface area contributed by atoms with Gasteiger partial charge in [-0.2, -0.15) is 0 Å². The van der Waals surface area contributed by atoms with Crippen molar-refractivity contribution in [3.05, 3.63) is 71.8 Å². The number of carbonyl (C=O) groups excluding carboxylic acids is 2. The largest absolute Gasteiger partial charge is 0.459 e. The Bertz CT molecular complexity index is 801. The maximum atomic E-state index is 13.2. The summed E-state index contributed by atoms with van der Waals surface area (Å²) in [5.74, 6) is -0.852. The van der Waals surface area contributed by atoms with E-state index in [1.54, 1.807) is 20.8 Å². The van der Waals surface area contributed by atoms with E-state index in [0.717, 1.165) is 11.1 Å². The monoisotopic (exact) mass is 413 g/mol. The maximum Gasteiger partial charge on any atom is 0.412 e. The van der Waals surface area contributed by atoms with Gasteiger partial charge in [-0.3, -0.25) is 4.90 Å². The highest BCUT2D eigenvalue weighted by atomic mass is 16.6. The van der Waals surface area contributed by atoms with Crippen molar-refractivity contribution in [3.63, 3.8) is 0 Å². The van der Waals surface area contributed by atoms with Crippen LogP contribution in [0.3, 0.4) is 0 Å². The third-order valence-corrected chi connectivity index (χ3v) is 4.50. The van der Waals surface area contributed by atoms with Crippen LogP contribution in [0.2, 0.25) is 0 Å². The Balaban J connectivity index is 2.32. The minimum absolute atomic E-state index is 0.100. The fourth-order valence-corrected chi connectivity index (χ4v) is 3.06. The van der Waals surface area contributed by atoms with E-state index in [1.807, 2.05) is 67.6 Å². The summed E-state index contributed by atoms with van der Waals surface area (Å²) >= 11 is 0. The highest BCUT2D eigenvalue weighted by Crippen LogP contribution is 2.26. The minimum atomic E-state index is -0.911. The molecule has 0 fully saturated rings. The van der Waals surface area contributed by atoms with Crippen molar-refractivity contribution in [2.24, 2.45) is 0 Å². The first-order valence-corrected chi connectivity index (χ1v) is 9.97. The van der Waals surface area contributed by atoms with Crippen LogP contribution in [-0.4, -0.2) is 42.4 Å². The molecule has 6 nitrogen and oxygen atoms in total. The Labute approximate surface area is 178 Å². The van der Waals surface area contributed by atoms with Gasteiger partial charge >= 0.3 is 12.1 Å². The number of ether oxygens (including phenoxy) is 3. The summed E-state index contributed by atoms with van der Waals surface area (Å²) in [6, 6.07) is 18.0. The number of hydrogen-bond donors (Lipinski definition) is 0. The van der Waals surface area contributed by atoms with Crippen LogP contribution in [-0.2, 0) is 25.6 Å². The van der Waals surface area contributed by atoms with Crippen molar-refractivity contribution in [1.82, 2.24) is 4.90 Å². The van der Waals surface area contributed by atoms with E-state index in [-0.39, 0.29) is 19.3 Å². The molecule has 2 aromatic rings. The van der Waals surface area contributed by atoms with Crippen molar-refractivity contribution < 1.29 is 23.8 Å². The second kappa shape index (κ2) is 10.8. The first-order valence-electron chi connectivity index (χ1n) is 9.97. The van der Waals surface area contributed by atoms with Crippen molar-refractivity contribution in [2.45, 2.75) is 51.9 Å². The summed E-state index contributed by atoms with van der Waals surface area (Å²) in [6.07, 6.45) is -0.631. The molecule has 0 saturated carbocycles. The predicted molar refractivity (Wildman–Crippen MR) is 115 cm³/mol. The number of nitrogens with zero attached hydrogens (tertiary/aromatic N) is 1. The number of hydrogen-bond acceptors (Lipinski definition) is 5. The summed E-state index contributed by atoms with van der Waals surface area (Å²) in [5, 5.41) is 0. The van der Waals surface area contributed by atoms with Gasteiger partial charge in [0.25, 0.3) is 0 Å². The SMILES string of the molecule is COCN(C(=O)OC(C)(C)C)[C@@H](C(=O)OCc1ccccc1)[C@@H](C)c1ccccc1. The van der Waals surface area contributed by atoms with Crippen LogP contribution in [0.25, 0.3) is 0 Å². The van der Waals surface area contributed by atoms with Gasteiger partial charge in [0, 0.05) is 13.0 Å². The van der Waals surface area contributed by atoms with E-state index in [2.05, 4.69) is 0 Å². The second-order valence-corrected chi connectivity index (χ2v) is 8.11. The molecule has 0 bridgehead atoms. The molecule has 0 aliphatic carbocycles. The van der Waals surface area contributed by atoms with Crippen molar-refractivity contribution >= 4 is 12.1 Å². The zero-order valence-corrected chi connectivity index (χ0v) is 18.3. The zero-order chi connectivity index (χ0) is 22.1. The Hall–Kier alpha value is -2.86. The zero-order valence-electron chi connectivity index (χ0n) is 18.3. The van der Waals surface area contributed by atoms with Gasteiger partial charge in [-0.25, -0.2) is 9.59 Å². The minimum Gasteiger partial charge on any atom is -0.459 e. The van der Waals surface area contributed by atoms with Crippen LogP contribution in [0.5, 0.6) is 0 Å². The topological polar surface area (TPSA) is 65.1 Å². The molecule has 0 spiro atoms. The first-order chi connectivity index (χ1) is 14.2. The lowest BCUT2D eigenvalue weighted by Gasteiger charge is -2.34. The van der Waals surface area contributed by atoms with Crippen molar-refractivity contribution in [3.8, 4) is 0 Å². The summed E-state index contributed by atoms with van der Waals surface area (Å²) in [5.41, 5.74) is 1.06. The third kappa shape index (κ3) is 6.88. The molecule has 0 unspecified atom stereocenters. The Morgan fingerprint density at radius 1 is 0.967 bits per heavy atom. The number of carbonyl (C=O) groups is 2. The number of benzene rings is 2. The van der Waals surface area contributed by atoms with Gasteiger partial charge in [0.05, 0.1) is 0 Å². The average molecular weight is 414 g/mol. The lowest BCUT2D eigenvalue weighted by molar-refractivity contribution is -0.154. The fourth-order valence-electron chi connectivity index (χ4n) is 3.06. The molecule has 0 aliphatic heterocycles. The fraction of sp³-hybridized carbons (Fsp3) is 0.417. The Kier molecular flexibility index (Phi) is 8.42. The molecule has 30 heavy (non-hydrogen) atoms. The van der Waals surface area contributed by atoms with Gasteiger partial charge in [-0.05, 0) is 31.9 Å². The lowest BCUT2D eigenvalue weighted by Crippen LogP contribution is -2.51. The summed E-state index contributed by atoms with van der Waals surface area (Å²) < 4.78 is 16.4. The third-order valence-electron chi connectivity index (χ3n) is 4.50. The molecule has 2 aromatic carbocycles. The molecule has 1 amide bonds. The van der Waals surface area contributed by atoms with Gasteiger partial charge in [-0.15, -0.1) is 0 Å². The molecule has 0 aliphatic rings. The maximum absolute atomic E-state index is 13.2. The van der Waals surface area contributed by atoms with Gasteiger partial charge in [0.1, 0.15) is 25.0 Å². The van der Waals surface area contributed by atoms with Crippen molar-refractivity contribution in [1.29, 1.82) is 0 Å². The summed E-state index contributed by atoms with van der Waals surface area (Å²) in [7, 11) is 1.47. The van der Waals surface area contributed by atoms with Crippen molar-refractivity contribution in [2.75, 3.05) is 13.8 Å². The predicted octanol–water partition coefficient (Wildman–Crippen LogP) is 4.74. The number of esters is 1. The Morgan fingerprint density at radius 2 is 1.53 bits per heavy atom. The summed E-state index contributed by atoms with van der Waals surface area (Å²) in [4.78, 5) is 27.4. The van der Waals surface area contributed by atoms with E-state index in [9.17, 15) is 9.59 Å². The van der Waals surface area contributed by atoms with Gasteiger partial charge in [0.2, 0.25) is 0 Å². The molecule has 162 valence electrons. The van der Waals surface area contributed by atoms with Gasteiger partial charge < -0.3 is 14.2 Å². The second-order valence-electron chi connectivity index (χ2n) is 8.11. The molecule has 2 atom stereocenters. The van der Waals surface area contributed by atoms with Crippen LogP contribution < -0.4 is 0 Å². The summed E-state index contributed by atoms with van der Waals surface area (Å²) in [6.45, 7) is 7.23. The van der Waals surface area contributed by atoms with Gasteiger partial charge in [0.15, 0.2) is 0 Å². The molecule has 6 heteroatoms. The number of methoxy groups -OCH3 is 1. The molecule has 2 rings (SSSR count). The van der Waals surface area contributed by atoms with E-state index < -0.39 is 23.7 Å². The van der Waals surface area contributed by atoms with Crippen LogP contribution >= 0.6 is 0 Å². The number of rotatable bonds is 8. The smallest absolute Gasteiger partial charge is 0.412 e. The van der Waals surface area contributed by atoms with Crippen LogP contribution in [0.1, 0.15) is 44.7 Å². The van der Waals surface area contributed by atoms with E-state index in [0.29, 0.717) is 0 Å². The lowest BCUT2D eigenvalue weighted by atomic mass is 9.92. The molecule has 0 radical (unpaired) electrons. The average Bonchev–Trinajstić information content (AvgIpc) is 2.72. The molecule has 0 aromatic heterocycles. The number of amides is 1. The van der Waals surface area contributed by atoms with Gasteiger partial charge in [-0.1, -0.05) is 67.6 Å². The molecule has 0 saturated heterocycles. The van der Waals surface area contributed by atoms with E-state index >= 15 is 0 Å². The molecule has 0 heterocycles. The van der Waals surface area contributed by atoms with Crippen LogP contribution in [0.15, 0.2) is 60.7 Å². The normalized spacial score (nSPS) is 13.2.